The fourth-order valence-corrected chi connectivity index (χ4v) is 2.33. The van der Waals surface area contributed by atoms with Gasteiger partial charge in [0.2, 0.25) is 5.91 Å². The molecule has 0 saturated carbocycles. The average molecular weight is 296 g/mol. The number of amides is 1. The molecule has 0 N–H and O–H groups in total. The van der Waals surface area contributed by atoms with E-state index in [0.29, 0.717) is 6.07 Å². The monoisotopic (exact) mass is 295 g/mol. The summed E-state index contributed by atoms with van der Waals surface area (Å²) >= 11 is 5.78. The maximum atomic E-state index is 12.9. The van der Waals surface area contributed by atoms with Gasteiger partial charge in [0.15, 0.2) is 0 Å². The fraction of sp³-hybridized carbons (Fsp3) is 0.417. The number of halogens is 5. The van der Waals surface area contributed by atoms with Gasteiger partial charge in [0.05, 0.1) is 10.9 Å². The van der Waals surface area contributed by atoms with Crippen LogP contribution in [0.5, 0.6) is 0 Å². The molecule has 1 amide bonds. The minimum Gasteiger partial charge on any atom is -0.337 e. The topological polar surface area (TPSA) is 20.3 Å². The molecule has 19 heavy (non-hydrogen) atoms. The van der Waals surface area contributed by atoms with E-state index in [-0.39, 0.29) is 36.4 Å². The molecule has 7 heteroatoms. The normalized spacial score (nSPS) is 20.2. The Morgan fingerprint density at radius 2 is 2.05 bits per heavy atom. The van der Waals surface area contributed by atoms with E-state index >= 15 is 0 Å². The molecule has 104 valence electrons. The molecule has 1 unspecified atom stereocenters. The Morgan fingerprint density at radius 1 is 1.37 bits per heavy atom. The zero-order chi connectivity index (χ0) is 14.2. The molecule has 1 fully saturated rings. The first-order valence-electron chi connectivity index (χ1n) is 5.55. The fourth-order valence-electron chi connectivity index (χ4n) is 2.03. The van der Waals surface area contributed by atoms with Crippen molar-refractivity contribution < 1.29 is 22.4 Å². The van der Waals surface area contributed by atoms with Gasteiger partial charge >= 0.3 is 6.18 Å². The van der Waals surface area contributed by atoms with E-state index in [4.69, 9.17) is 11.6 Å². The minimum absolute atomic E-state index is 0.115. The predicted octanol–water partition coefficient (Wildman–Crippen LogP) is 3.18. The van der Waals surface area contributed by atoms with Crippen LogP contribution < -0.4 is 0 Å². The van der Waals surface area contributed by atoms with Crippen molar-refractivity contribution in [3.63, 3.8) is 0 Å². The summed E-state index contributed by atoms with van der Waals surface area (Å²) in [5.74, 6) is -1.25. The Balaban J connectivity index is 2.28. The van der Waals surface area contributed by atoms with Crippen LogP contribution in [0.3, 0.4) is 0 Å². The van der Waals surface area contributed by atoms with Gasteiger partial charge in [0.1, 0.15) is 5.82 Å². The van der Waals surface area contributed by atoms with Crippen LogP contribution in [0.1, 0.15) is 17.5 Å². The highest BCUT2D eigenvalue weighted by atomic mass is 35.5. The first-order valence-corrected chi connectivity index (χ1v) is 5.98. The summed E-state index contributed by atoms with van der Waals surface area (Å²) in [6, 6.07) is 2.43. The molecule has 0 aliphatic carbocycles. The van der Waals surface area contributed by atoms with Crippen molar-refractivity contribution in [2.75, 3.05) is 6.54 Å². The summed E-state index contributed by atoms with van der Waals surface area (Å²) in [5.41, 5.74) is -1.19. The third-order valence-corrected chi connectivity index (χ3v) is 3.20. The van der Waals surface area contributed by atoms with Crippen molar-refractivity contribution in [2.24, 2.45) is 0 Å². The Bertz CT molecular complexity index is 503. The van der Waals surface area contributed by atoms with Crippen LogP contribution in [-0.2, 0) is 17.5 Å². The van der Waals surface area contributed by atoms with Crippen molar-refractivity contribution in [1.82, 2.24) is 4.90 Å². The quantitative estimate of drug-likeness (QED) is 0.606. The third-order valence-electron chi connectivity index (χ3n) is 2.91. The van der Waals surface area contributed by atoms with Crippen LogP contribution in [0.2, 0.25) is 0 Å². The standard InChI is InChI=1S/C12H10ClF4NO/c13-8-3-11(19)18(6-8)5-7-1-2-9(14)4-10(7)12(15,16)17/h1-2,4,8H,3,5-6H2. The van der Waals surface area contributed by atoms with Gasteiger partial charge in [-0.1, -0.05) is 6.07 Å². The molecule has 1 aromatic carbocycles. The van der Waals surface area contributed by atoms with Gasteiger partial charge in [-0.2, -0.15) is 13.2 Å². The summed E-state index contributed by atoms with van der Waals surface area (Å²) in [6.07, 6.45) is -4.54. The minimum atomic E-state index is -4.65. The second kappa shape index (κ2) is 5.00. The summed E-state index contributed by atoms with van der Waals surface area (Å²) in [4.78, 5) is 12.8. The van der Waals surface area contributed by atoms with E-state index in [9.17, 15) is 22.4 Å². The van der Waals surface area contributed by atoms with E-state index < -0.39 is 17.6 Å². The maximum absolute atomic E-state index is 12.9. The smallest absolute Gasteiger partial charge is 0.337 e. The van der Waals surface area contributed by atoms with E-state index in [1.807, 2.05) is 0 Å². The van der Waals surface area contributed by atoms with E-state index in [1.165, 1.54) is 4.90 Å². The molecule has 2 nitrogen and oxygen atoms in total. The van der Waals surface area contributed by atoms with Gasteiger partial charge in [-0.25, -0.2) is 4.39 Å². The van der Waals surface area contributed by atoms with Gasteiger partial charge in [-0.3, -0.25) is 4.79 Å². The summed E-state index contributed by atoms with van der Waals surface area (Å²) in [6.45, 7) is -0.00770. The van der Waals surface area contributed by atoms with Crippen molar-refractivity contribution in [2.45, 2.75) is 24.5 Å². The van der Waals surface area contributed by atoms with E-state index in [1.54, 1.807) is 0 Å². The van der Waals surface area contributed by atoms with Gasteiger partial charge in [0.25, 0.3) is 0 Å². The van der Waals surface area contributed by atoms with Crippen LogP contribution in [-0.4, -0.2) is 22.7 Å². The molecule has 1 aliphatic heterocycles. The highest BCUT2D eigenvalue weighted by Gasteiger charge is 2.35. The van der Waals surface area contributed by atoms with Crippen molar-refractivity contribution >= 4 is 17.5 Å². The van der Waals surface area contributed by atoms with Crippen molar-refractivity contribution in [3.8, 4) is 0 Å². The highest BCUT2D eigenvalue weighted by Crippen LogP contribution is 2.33. The Hall–Kier alpha value is -1.30. The number of alkyl halides is 4. The first-order chi connectivity index (χ1) is 8.77. The second-order valence-electron chi connectivity index (χ2n) is 4.37. The largest absolute Gasteiger partial charge is 0.416 e. The molecule has 0 aromatic heterocycles. The van der Waals surface area contributed by atoms with Crippen molar-refractivity contribution in [3.05, 3.63) is 35.1 Å². The summed E-state index contributed by atoms with van der Waals surface area (Å²) < 4.78 is 51.3. The zero-order valence-corrected chi connectivity index (χ0v) is 10.4. The summed E-state index contributed by atoms with van der Waals surface area (Å²) in [7, 11) is 0. The maximum Gasteiger partial charge on any atom is 0.416 e. The number of carbonyl (C=O) groups is 1. The van der Waals surface area contributed by atoms with Crippen LogP contribution in [0.4, 0.5) is 17.6 Å². The molecular formula is C12H10ClF4NO. The lowest BCUT2D eigenvalue weighted by Gasteiger charge is -2.19. The lowest BCUT2D eigenvalue weighted by molar-refractivity contribution is -0.139. The number of rotatable bonds is 2. The Labute approximate surface area is 112 Å². The number of likely N-dealkylation sites (tertiary alicyclic amines) is 1. The number of nitrogens with zero attached hydrogens (tertiary/aromatic N) is 1. The number of hydrogen-bond donors (Lipinski definition) is 0. The Kier molecular flexibility index (Phi) is 3.71. The molecule has 1 heterocycles. The number of carbonyl (C=O) groups excluding carboxylic acids is 1. The van der Waals surface area contributed by atoms with E-state index in [0.717, 1.165) is 12.1 Å². The van der Waals surface area contributed by atoms with Gasteiger partial charge < -0.3 is 4.90 Å². The summed E-state index contributed by atoms with van der Waals surface area (Å²) in [5, 5.41) is -0.387. The van der Waals surface area contributed by atoms with Crippen LogP contribution in [0.25, 0.3) is 0 Å². The molecule has 2 rings (SSSR count). The molecule has 1 saturated heterocycles. The Morgan fingerprint density at radius 3 is 2.58 bits per heavy atom. The number of benzene rings is 1. The molecule has 1 aliphatic rings. The molecule has 0 bridgehead atoms. The van der Waals surface area contributed by atoms with Crippen LogP contribution in [0.15, 0.2) is 18.2 Å². The lowest BCUT2D eigenvalue weighted by atomic mass is 10.1. The van der Waals surface area contributed by atoms with Crippen LogP contribution in [0, 0.1) is 5.82 Å². The molecule has 1 aromatic rings. The molecule has 0 radical (unpaired) electrons. The third kappa shape index (κ3) is 3.18. The average Bonchev–Trinajstić information content (AvgIpc) is 2.58. The van der Waals surface area contributed by atoms with Crippen LogP contribution >= 0.6 is 11.6 Å². The predicted molar refractivity (Wildman–Crippen MR) is 61.1 cm³/mol. The molecule has 1 atom stereocenters. The lowest BCUT2D eigenvalue weighted by Crippen LogP contribution is -2.26. The first kappa shape index (κ1) is 14.1. The molecular weight excluding hydrogens is 286 g/mol. The number of hydrogen-bond acceptors (Lipinski definition) is 1. The van der Waals surface area contributed by atoms with Gasteiger partial charge in [-0.15, -0.1) is 11.6 Å². The molecule has 0 spiro atoms. The van der Waals surface area contributed by atoms with Gasteiger partial charge in [0, 0.05) is 19.5 Å². The second-order valence-corrected chi connectivity index (χ2v) is 4.99. The zero-order valence-electron chi connectivity index (χ0n) is 9.68. The van der Waals surface area contributed by atoms with E-state index in [2.05, 4.69) is 0 Å². The van der Waals surface area contributed by atoms with Gasteiger partial charge in [-0.05, 0) is 17.7 Å². The van der Waals surface area contributed by atoms with Crippen molar-refractivity contribution in [1.29, 1.82) is 0 Å². The SMILES string of the molecule is O=C1CC(Cl)CN1Cc1ccc(F)cc1C(F)(F)F. The highest BCUT2D eigenvalue weighted by molar-refractivity contribution is 6.22.